The van der Waals surface area contributed by atoms with Crippen LogP contribution in [0.4, 0.5) is 13.2 Å². The summed E-state index contributed by atoms with van der Waals surface area (Å²) in [6, 6.07) is 21.3. The van der Waals surface area contributed by atoms with Crippen LogP contribution in [0, 0.1) is 0 Å². The van der Waals surface area contributed by atoms with Crippen molar-refractivity contribution in [3.8, 4) is 17.2 Å². The zero-order chi connectivity index (χ0) is 22.0. The number of aromatic nitrogens is 1. The fourth-order valence-corrected chi connectivity index (χ4v) is 3.26. The molecule has 0 spiro atoms. The van der Waals surface area contributed by atoms with Crippen LogP contribution in [0.5, 0.6) is 11.5 Å². The number of ether oxygens (including phenoxy) is 2. The first-order valence-electron chi connectivity index (χ1n) is 9.22. The van der Waals surface area contributed by atoms with Gasteiger partial charge in [0, 0.05) is 11.1 Å². The lowest BCUT2D eigenvalue weighted by Gasteiger charge is -2.12. The molecule has 0 saturated heterocycles. The van der Waals surface area contributed by atoms with Crippen LogP contribution < -0.4 is 9.47 Å². The second kappa shape index (κ2) is 8.06. The predicted molar refractivity (Wildman–Crippen MR) is 108 cm³/mol. The van der Waals surface area contributed by atoms with E-state index in [1.165, 1.54) is 22.8 Å². The maximum atomic E-state index is 12.4. The fraction of sp³-hybridized carbons (Fsp3) is 0.0870. The SMILES string of the molecule is O=C(O)c1cc2cc(OCc3ccccc3)ccc2n1-c1ccc(OC(F)(F)F)cc1. The summed E-state index contributed by atoms with van der Waals surface area (Å²) >= 11 is 0. The van der Waals surface area contributed by atoms with Gasteiger partial charge in [0.05, 0.1) is 5.52 Å². The number of carbonyl (C=O) groups is 1. The normalized spacial score (nSPS) is 11.5. The van der Waals surface area contributed by atoms with Gasteiger partial charge in [-0.1, -0.05) is 30.3 Å². The van der Waals surface area contributed by atoms with Gasteiger partial charge < -0.3 is 19.1 Å². The van der Waals surface area contributed by atoms with Crippen LogP contribution in [0.15, 0.2) is 78.9 Å². The van der Waals surface area contributed by atoms with Crippen molar-refractivity contribution in [2.75, 3.05) is 0 Å². The minimum Gasteiger partial charge on any atom is -0.489 e. The third-order valence-electron chi connectivity index (χ3n) is 4.57. The minimum absolute atomic E-state index is 0.0281. The van der Waals surface area contributed by atoms with Crippen LogP contribution in [-0.2, 0) is 6.61 Å². The maximum Gasteiger partial charge on any atom is 0.573 e. The van der Waals surface area contributed by atoms with Gasteiger partial charge in [-0.15, -0.1) is 13.2 Å². The molecule has 1 N–H and O–H groups in total. The van der Waals surface area contributed by atoms with Crippen molar-refractivity contribution in [1.82, 2.24) is 4.57 Å². The standard InChI is InChI=1S/C23H16F3NO4/c24-23(25,26)31-18-8-6-17(7-9-18)27-20-11-10-19(12-16(20)13-21(27)22(28)29)30-14-15-4-2-1-3-5-15/h1-13H,14H2,(H,28,29). The second-order valence-corrected chi connectivity index (χ2v) is 6.71. The molecule has 0 aliphatic heterocycles. The van der Waals surface area contributed by atoms with Gasteiger partial charge in [-0.2, -0.15) is 0 Å². The molecule has 0 radical (unpaired) electrons. The van der Waals surface area contributed by atoms with Gasteiger partial charge in [0.1, 0.15) is 23.8 Å². The molecule has 0 amide bonds. The number of carboxylic acids is 1. The molecule has 5 nitrogen and oxygen atoms in total. The Morgan fingerprint density at radius 1 is 0.903 bits per heavy atom. The largest absolute Gasteiger partial charge is 0.573 e. The molecule has 0 aliphatic carbocycles. The highest BCUT2D eigenvalue weighted by Gasteiger charge is 2.31. The average Bonchev–Trinajstić information content (AvgIpc) is 3.12. The first-order valence-corrected chi connectivity index (χ1v) is 9.22. The third kappa shape index (κ3) is 4.63. The Bertz CT molecular complexity index is 1220. The lowest BCUT2D eigenvalue weighted by molar-refractivity contribution is -0.274. The van der Waals surface area contributed by atoms with Gasteiger partial charge in [0.15, 0.2) is 0 Å². The molecule has 0 saturated carbocycles. The number of hydrogen-bond donors (Lipinski definition) is 1. The van der Waals surface area contributed by atoms with Gasteiger partial charge in [0.2, 0.25) is 0 Å². The van der Waals surface area contributed by atoms with E-state index in [-0.39, 0.29) is 11.4 Å². The van der Waals surface area contributed by atoms with E-state index >= 15 is 0 Å². The van der Waals surface area contributed by atoms with Crippen molar-refractivity contribution in [3.05, 3.63) is 90.1 Å². The van der Waals surface area contributed by atoms with E-state index in [2.05, 4.69) is 4.74 Å². The number of halogens is 3. The van der Waals surface area contributed by atoms with Gasteiger partial charge >= 0.3 is 12.3 Å². The number of carboxylic acid groups (broad SMARTS) is 1. The van der Waals surface area contributed by atoms with E-state index in [0.29, 0.717) is 28.9 Å². The highest BCUT2D eigenvalue weighted by Crippen LogP contribution is 2.30. The van der Waals surface area contributed by atoms with Crippen molar-refractivity contribution >= 4 is 16.9 Å². The van der Waals surface area contributed by atoms with E-state index in [0.717, 1.165) is 17.7 Å². The average molecular weight is 427 g/mol. The molecule has 0 unspecified atom stereocenters. The molecular formula is C23H16F3NO4. The second-order valence-electron chi connectivity index (χ2n) is 6.71. The lowest BCUT2D eigenvalue weighted by Crippen LogP contribution is -2.17. The van der Waals surface area contributed by atoms with E-state index in [9.17, 15) is 23.1 Å². The minimum atomic E-state index is -4.80. The van der Waals surface area contributed by atoms with Crippen LogP contribution in [-0.4, -0.2) is 22.0 Å². The summed E-state index contributed by atoms with van der Waals surface area (Å²) in [4.78, 5) is 11.8. The van der Waals surface area contributed by atoms with Crippen molar-refractivity contribution in [3.63, 3.8) is 0 Å². The summed E-state index contributed by atoms with van der Waals surface area (Å²) in [6.07, 6.45) is -4.80. The number of benzene rings is 3. The highest BCUT2D eigenvalue weighted by molar-refractivity contribution is 5.96. The van der Waals surface area contributed by atoms with Gasteiger partial charge in [-0.25, -0.2) is 4.79 Å². The van der Waals surface area contributed by atoms with E-state index < -0.39 is 12.3 Å². The number of rotatable bonds is 6. The van der Waals surface area contributed by atoms with Gasteiger partial charge in [-0.3, -0.25) is 0 Å². The highest BCUT2D eigenvalue weighted by atomic mass is 19.4. The van der Waals surface area contributed by atoms with Gasteiger partial charge in [-0.05, 0) is 54.1 Å². The number of aromatic carboxylic acids is 1. The Kier molecular flexibility index (Phi) is 5.29. The summed E-state index contributed by atoms with van der Waals surface area (Å²) in [5, 5.41) is 10.3. The smallest absolute Gasteiger partial charge is 0.489 e. The summed E-state index contributed by atoms with van der Waals surface area (Å²) < 4.78 is 48.3. The molecular weight excluding hydrogens is 411 g/mol. The lowest BCUT2D eigenvalue weighted by atomic mass is 10.2. The molecule has 8 heteroatoms. The van der Waals surface area contributed by atoms with Crippen molar-refractivity contribution in [1.29, 1.82) is 0 Å². The van der Waals surface area contributed by atoms with E-state index in [4.69, 9.17) is 4.74 Å². The molecule has 31 heavy (non-hydrogen) atoms. The van der Waals surface area contributed by atoms with E-state index in [1.807, 2.05) is 30.3 Å². The molecule has 1 aromatic heterocycles. The van der Waals surface area contributed by atoms with Crippen LogP contribution >= 0.6 is 0 Å². The van der Waals surface area contributed by atoms with Crippen LogP contribution in [0.2, 0.25) is 0 Å². The molecule has 0 atom stereocenters. The monoisotopic (exact) mass is 427 g/mol. The summed E-state index contributed by atoms with van der Waals surface area (Å²) in [5.41, 5.74) is 1.93. The Labute approximate surface area is 174 Å². The zero-order valence-electron chi connectivity index (χ0n) is 16.0. The van der Waals surface area contributed by atoms with Crippen LogP contribution in [0.25, 0.3) is 16.6 Å². The third-order valence-corrected chi connectivity index (χ3v) is 4.57. The van der Waals surface area contributed by atoms with Crippen molar-refractivity contribution in [2.45, 2.75) is 13.0 Å². The molecule has 4 rings (SSSR count). The Balaban J connectivity index is 1.66. The first-order chi connectivity index (χ1) is 14.8. The molecule has 4 aromatic rings. The zero-order valence-corrected chi connectivity index (χ0v) is 16.0. The van der Waals surface area contributed by atoms with E-state index in [1.54, 1.807) is 18.2 Å². The van der Waals surface area contributed by atoms with Crippen LogP contribution in [0.1, 0.15) is 16.1 Å². The maximum absolute atomic E-state index is 12.4. The molecule has 0 fully saturated rings. The quantitative estimate of drug-likeness (QED) is 0.422. The molecule has 0 bridgehead atoms. The molecule has 0 aliphatic rings. The predicted octanol–water partition coefficient (Wildman–Crippen LogP) is 5.81. The Hall–Kier alpha value is -3.94. The molecule has 1 heterocycles. The summed E-state index contributed by atoms with van der Waals surface area (Å²) in [5.74, 6) is -0.987. The first kappa shape index (κ1) is 20.3. The van der Waals surface area contributed by atoms with Gasteiger partial charge in [0.25, 0.3) is 0 Å². The topological polar surface area (TPSA) is 60.7 Å². The number of fused-ring (bicyclic) bond motifs is 1. The Morgan fingerprint density at radius 3 is 2.23 bits per heavy atom. The van der Waals surface area contributed by atoms with Crippen LogP contribution in [0.3, 0.4) is 0 Å². The fourth-order valence-electron chi connectivity index (χ4n) is 3.26. The van der Waals surface area contributed by atoms with Crippen molar-refractivity contribution in [2.24, 2.45) is 0 Å². The summed E-state index contributed by atoms with van der Waals surface area (Å²) in [7, 11) is 0. The number of nitrogens with zero attached hydrogens (tertiary/aromatic N) is 1. The Morgan fingerprint density at radius 2 is 1.58 bits per heavy atom. The molecule has 158 valence electrons. The summed E-state index contributed by atoms with van der Waals surface area (Å²) in [6.45, 7) is 0.361. The number of hydrogen-bond acceptors (Lipinski definition) is 3. The van der Waals surface area contributed by atoms with Crippen molar-refractivity contribution < 1.29 is 32.5 Å². The molecule has 3 aromatic carbocycles. The number of alkyl halides is 3.